The molecule has 1 saturated heterocycles. The zero-order valence-electron chi connectivity index (χ0n) is 9.41. The Morgan fingerprint density at radius 3 is 2.64 bits per heavy atom. The molecule has 0 aromatic heterocycles. The first-order valence-corrected chi connectivity index (χ1v) is 6.27. The van der Waals surface area contributed by atoms with Crippen LogP contribution in [0.1, 0.15) is 39.0 Å². The van der Waals surface area contributed by atoms with Crippen LogP contribution in [0.4, 0.5) is 0 Å². The van der Waals surface area contributed by atoms with Crippen LogP contribution in [0, 0.1) is 11.8 Å². The van der Waals surface area contributed by atoms with Crippen LogP contribution < -0.4 is 5.73 Å². The summed E-state index contributed by atoms with van der Waals surface area (Å²) >= 11 is 0. The maximum absolute atomic E-state index is 5.73. The Balaban J connectivity index is 1.80. The van der Waals surface area contributed by atoms with E-state index in [0.29, 0.717) is 0 Å². The van der Waals surface area contributed by atoms with E-state index >= 15 is 0 Å². The summed E-state index contributed by atoms with van der Waals surface area (Å²) in [6.45, 7) is 5.94. The van der Waals surface area contributed by atoms with Crippen molar-refractivity contribution in [2.45, 2.75) is 45.1 Å². The van der Waals surface area contributed by atoms with Crippen LogP contribution >= 0.6 is 0 Å². The second-order valence-corrected chi connectivity index (χ2v) is 5.13. The standard InChI is InChI=1S/C12H24N2/c1-2-10-5-6-14(9-10)12-4-3-11(7-12)8-13/h10-12H,2-9,13H2,1H3. The lowest BCUT2D eigenvalue weighted by atomic mass is 10.1. The van der Waals surface area contributed by atoms with Gasteiger partial charge in [0.25, 0.3) is 0 Å². The van der Waals surface area contributed by atoms with Gasteiger partial charge in [-0.2, -0.15) is 0 Å². The van der Waals surface area contributed by atoms with Crippen molar-refractivity contribution in [2.75, 3.05) is 19.6 Å². The molecule has 1 aliphatic heterocycles. The molecule has 2 nitrogen and oxygen atoms in total. The zero-order valence-corrected chi connectivity index (χ0v) is 9.41. The van der Waals surface area contributed by atoms with Gasteiger partial charge < -0.3 is 10.6 Å². The monoisotopic (exact) mass is 196 g/mol. The van der Waals surface area contributed by atoms with E-state index in [1.165, 1.54) is 45.2 Å². The summed E-state index contributed by atoms with van der Waals surface area (Å²) in [6.07, 6.45) is 6.93. The zero-order chi connectivity index (χ0) is 9.97. The van der Waals surface area contributed by atoms with Gasteiger partial charge in [-0.05, 0) is 50.6 Å². The highest BCUT2D eigenvalue weighted by molar-refractivity contribution is 4.87. The minimum atomic E-state index is 0.820. The second kappa shape index (κ2) is 4.63. The van der Waals surface area contributed by atoms with Crippen LogP contribution in [0.5, 0.6) is 0 Å². The van der Waals surface area contributed by atoms with Gasteiger partial charge in [0.2, 0.25) is 0 Å². The normalized spacial score (nSPS) is 39.4. The lowest BCUT2D eigenvalue weighted by Crippen LogP contribution is -2.31. The first-order valence-electron chi connectivity index (χ1n) is 6.27. The highest BCUT2D eigenvalue weighted by atomic mass is 15.2. The van der Waals surface area contributed by atoms with Crippen LogP contribution in [-0.2, 0) is 0 Å². The van der Waals surface area contributed by atoms with Crippen LogP contribution in [0.15, 0.2) is 0 Å². The summed E-state index contributed by atoms with van der Waals surface area (Å²) in [5.41, 5.74) is 5.73. The Bertz CT molecular complexity index is 161. The van der Waals surface area contributed by atoms with Crippen molar-refractivity contribution in [3.8, 4) is 0 Å². The molecule has 0 bridgehead atoms. The summed E-state index contributed by atoms with van der Waals surface area (Å²) in [4.78, 5) is 2.73. The number of nitrogens with zero attached hydrogens (tertiary/aromatic N) is 1. The molecule has 0 amide bonds. The maximum Gasteiger partial charge on any atom is 0.00985 e. The molecule has 2 aliphatic rings. The Kier molecular flexibility index (Phi) is 3.45. The van der Waals surface area contributed by atoms with Gasteiger partial charge in [0.1, 0.15) is 0 Å². The van der Waals surface area contributed by atoms with Crippen molar-refractivity contribution < 1.29 is 0 Å². The fraction of sp³-hybridized carbons (Fsp3) is 1.00. The van der Waals surface area contributed by atoms with Crippen molar-refractivity contribution in [1.82, 2.24) is 4.90 Å². The summed E-state index contributed by atoms with van der Waals surface area (Å²) in [5, 5.41) is 0. The van der Waals surface area contributed by atoms with Crippen LogP contribution in [0.3, 0.4) is 0 Å². The molecule has 2 fully saturated rings. The fourth-order valence-electron chi connectivity index (χ4n) is 3.12. The minimum absolute atomic E-state index is 0.820. The van der Waals surface area contributed by atoms with E-state index in [-0.39, 0.29) is 0 Å². The molecular weight excluding hydrogens is 172 g/mol. The number of hydrogen-bond donors (Lipinski definition) is 1. The molecule has 0 aromatic carbocycles. The van der Waals surface area contributed by atoms with Gasteiger partial charge >= 0.3 is 0 Å². The number of nitrogens with two attached hydrogens (primary N) is 1. The molecule has 1 aliphatic carbocycles. The highest BCUT2D eigenvalue weighted by Crippen LogP contribution is 2.32. The Morgan fingerprint density at radius 1 is 1.21 bits per heavy atom. The van der Waals surface area contributed by atoms with E-state index < -0.39 is 0 Å². The van der Waals surface area contributed by atoms with E-state index in [4.69, 9.17) is 5.73 Å². The van der Waals surface area contributed by atoms with Crippen molar-refractivity contribution in [3.05, 3.63) is 0 Å². The SMILES string of the molecule is CCC1CCN(C2CCC(CN)C2)C1. The highest BCUT2D eigenvalue weighted by Gasteiger charge is 2.32. The van der Waals surface area contributed by atoms with Crippen molar-refractivity contribution in [2.24, 2.45) is 17.6 Å². The molecule has 1 saturated carbocycles. The van der Waals surface area contributed by atoms with Gasteiger partial charge in [-0.3, -0.25) is 0 Å². The van der Waals surface area contributed by atoms with Crippen LogP contribution in [0.2, 0.25) is 0 Å². The van der Waals surface area contributed by atoms with Gasteiger partial charge in [-0.25, -0.2) is 0 Å². The lowest BCUT2D eigenvalue weighted by Gasteiger charge is -2.23. The molecule has 0 spiro atoms. The van der Waals surface area contributed by atoms with E-state index in [9.17, 15) is 0 Å². The quantitative estimate of drug-likeness (QED) is 0.746. The average molecular weight is 196 g/mol. The molecule has 1 heterocycles. The predicted molar refractivity (Wildman–Crippen MR) is 60.2 cm³/mol. The van der Waals surface area contributed by atoms with Crippen LogP contribution in [-0.4, -0.2) is 30.6 Å². The lowest BCUT2D eigenvalue weighted by molar-refractivity contribution is 0.231. The Hall–Kier alpha value is -0.0800. The van der Waals surface area contributed by atoms with E-state index in [2.05, 4.69) is 11.8 Å². The largest absolute Gasteiger partial charge is 0.330 e. The molecule has 14 heavy (non-hydrogen) atoms. The van der Waals surface area contributed by atoms with Gasteiger partial charge in [0, 0.05) is 12.6 Å². The molecule has 2 heteroatoms. The number of likely N-dealkylation sites (tertiary alicyclic amines) is 1. The van der Waals surface area contributed by atoms with E-state index in [1.807, 2.05) is 0 Å². The third-order valence-electron chi connectivity index (χ3n) is 4.26. The van der Waals surface area contributed by atoms with Crippen molar-refractivity contribution in [1.29, 1.82) is 0 Å². The summed E-state index contributed by atoms with van der Waals surface area (Å²) in [7, 11) is 0. The van der Waals surface area contributed by atoms with E-state index in [0.717, 1.165) is 24.4 Å². The molecule has 3 atom stereocenters. The molecule has 2 N–H and O–H groups in total. The smallest absolute Gasteiger partial charge is 0.00985 e. The third kappa shape index (κ3) is 2.12. The molecule has 0 aromatic rings. The molecule has 3 unspecified atom stereocenters. The minimum Gasteiger partial charge on any atom is -0.330 e. The topological polar surface area (TPSA) is 29.3 Å². The summed E-state index contributed by atoms with van der Waals surface area (Å²) in [5.74, 6) is 1.80. The first kappa shape index (κ1) is 10.4. The summed E-state index contributed by atoms with van der Waals surface area (Å²) in [6, 6.07) is 0.875. The van der Waals surface area contributed by atoms with Gasteiger partial charge in [0.05, 0.1) is 0 Å². The van der Waals surface area contributed by atoms with Gasteiger partial charge in [-0.15, -0.1) is 0 Å². The van der Waals surface area contributed by atoms with Crippen molar-refractivity contribution in [3.63, 3.8) is 0 Å². The summed E-state index contributed by atoms with van der Waals surface area (Å²) < 4.78 is 0. The Labute approximate surface area is 87.8 Å². The number of hydrogen-bond acceptors (Lipinski definition) is 2. The predicted octanol–water partition coefficient (Wildman–Crippen LogP) is 1.85. The van der Waals surface area contributed by atoms with Crippen molar-refractivity contribution >= 4 is 0 Å². The molecule has 0 radical (unpaired) electrons. The first-order chi connectivity index (χ1) is 6.83. The molecule has 82 valence electrons. The molecular formula is C12H24N2. The van der Waals surface area contributed by atoms with Gasteiger partial charge in [0.15, 0.2) is 0 Å². The maximum atomic E-state index is 5.73. The van der Waals surface area contributed by atoms with E-state index in [1.54, 1.807) is 0 Å². The number of rotatable bonds is 3. The second-order valence-electron chi connectivity index (χ2n) is 5.13. The average Bonchev–Trinajstić information content (AvgIpc) is 2.86. The van der Waals surface area contributed by atoms with Gasteiger partial charge in [-0.1, -0.05) is 13.3 Å². The molecule has 2 rings (SSSR count). The van der Waals surface area contributed by atoms with Crippen LogP contribution in [0.25, 0.3) is 0 Å². The fourth-order valence-corrected chi connectivity index (χ4v) is 3.12. The third-order valence-corrected chi connectivity index (χ3v) is 4.26. The Morgan fingerprint density at radius 2 is 2.07 bits per heavy atom.